The van der Waals surface area contributed by atoms with Crippen LogP contribution in [0.3, 0.4) is 0 Å². The summed E-state index contributed by atoms with van der Waals surface area (Å²) in [5.41, 5.74) is 7.39. The number of anilines is 1. The lowest BCUT2D eigenvalue weighted by Gasteiger charge is -2.12. The van der Waals surface area contributed by atoms with Crippen LogP contribution < -0.4 is 11.1 Å². The van der Waals surface area contributed by atoms with Crippen LogP contribution in [0.25, 0.3) is 0 Å². The van der Waals surface area contributed by atoms with Gasteiger partial charge in [0.25, 0.3) is 5.91 Å². The number of rotatable bonds is 6. The third-order valence-corrected chi connectivity index (χ3v) is 2.92. The van der Waals surface area contributed by atoms with Crippen molar-refractivity contribution < 1.29 is 9.90 Å². The van der Waals surface area contributed by atoms with Gasteiger partial charge in [0.1, 0.15) is 5.69 Å². The van der Waals surface area contributed by atoms with Crippen LogP contribution in [0.4, 0.5) is 5.69 Å². The standard InChI is InChI=1S/C12H22N4O2/c1-4-16-11(10(13)9(3)15-16)12(18)14-7-8(2)5-6-17/h8,17H,4-7,13H2,1-3H3,(H,14,18). The molecule has 1 aromatic rings. The summed E-state index contributed by atoms with van der Waals surface area (Å²) in [7, 11) is 0. The molecule has 0 spiro atoms. The largest absolute Gasteiger partial charge is 0.396 e. The molecule has 1 unspecified atom stereocenters. The van der Waals surface area contributed by atoms with E-state index in [2.05, 4.69) is 10.4 Å². The molecule has 0 aliphatic heterocycles. The summed E-state index contributed by atoms with van der Waals surface area (Å²) < 4.78 is 1.61. The number of aliphatic hydroxyl groups is 1. The van der Waals surface area contributed by atoms with E-state index >= 15 is 0 Å². The Morgan fingerprint density at radius 2 is 2.28 bits per heavy atom. The minimum absolute atomic E-state index is 0.130. The van der Waals surface area contributed by atoms with E-state index in [0.29, 0.717) is 36.6 Å². The summed E-state index contributed by atoms with van der Waals surface area (Å²) in [5.74, 6) is 0.0269. The SMILES string of the molecule is CCn1nc(C)c(N)c1C(=O)NCC(C)CCO. The number of nitrogens with one attached hydrogen (secondary N) is 1. The maximum Gasteiger partial charge on any atom is 0.271 e. The van der Waals surface area contributed by atoms with Crippen LogP contribution in [0.1, 0.15) is 36.5 Å². The zero-order chi connectivity index (χ0) is 13.7. The molecule has 1 heterocycles. The van der Waals surface area contributed by atoms with E-state index in [1.807, 2.05) is 13.8 Å². The first kappa shape index (κ1) is 14.5. The second kappa shape index (κ2) is 6.39. The number of aryl methyl sites for hydroxylation is 2. The summed E-state index contributed by atoms with van der Waals surface area (Å²) in [5, 5.41) is 15.8. The second-order valence-corrected chi connectivity index (χ2v) is 4.49. The van der Waals surface area contributed by atoms with E-state index in [4.69, 9.17) is 10.8 Å². The topological polar surface area (TPSA) is 93.2 Å². The van der Waals surface area contributed by atoms with E-state index in [9.17, 15) is 4.79 Å². The molecule has 0 saturated heterocycles. The predicted octanol–water partition coefficient (Wildman–Crippen LogP) is 0.542. The number of aromatic nitrogens is 2. The van der Waals surface area contributed by atoms with Gasteiger partial charge in [-0.1, -0.05) is 6.92 Å². The maximum absolute atomic E-state index is 12.1. The Morgan fingerprint density at radius 3 is 2.83 bits per heavy atom. The second-order valence-electron chi connectivity index (χ2n) is 4.49. The third kappa shape index (κ3) is 3.22. The van der Waals surface area contributed by atoms with Crippen molar-refractivity contribution in [2.75, 3.05) is 18.9 Å². The molecule has 0 fully saturated rings. The van der Waals surface area contributed by atoms with Gasteiger partial charge in [-0.15, -0.1) is 0 Å². The van der Waals surface area contributed by atoms with Crippen molar-refractivity contribution in [3.05, 3.63) is 11.4 Å². The molecule has 4 N–H and O–H groups in total. The van der Waals surface area contributed by atoms with Gasteiger partial charge in [0.2, 0.25) is 0 Å². The van der Waals surface area contributed by atoms with Crippen LogP contribution in [0, 0.1) is 12.8 Å². The van der Waals surface area contributed by atoms with Crippen molar-refractivity contribution in [3.8, 4) is 0 Å². The lowest BCUT2D eigenvalue weighted by molar-refractivity contribution is 0.0935. The molecule has 6 nitrogen and oxygen atoms in total. The molecule has 0 bridgehead atoms. The molecule has 1 atom stereocenters. The third-order valence-electron chi connectivity index (χ3n) is 2.92. The Bertz CT molecular complexity index is 414. The summed E-state index contributed by atoms with van der Waals surface area (Å²) in [6, 6.07) is 0. The first-order valence-electron chi connectivity index (χ1n) is 6.23. The minimum atomic E-state index is -0.209. The van der Waals surface area contributed by atoms with Crippen molar-refractivity contribution >= 4 is 11.6 Å². The van der Waals surface area contributed by atoms with Crippen molar-refractivity contribution in [3.63, 3.8) is 0 Å². The molecular formula is C12H22N4O2. The number of nitrogens with zero attached hydrogens (tertiary/aromatic N) is 2. The number of carbonyl (C=O) groups is 1. The number of nitrogen functional groups attached to an aromatic ring is 1. The number of amides is 1. The van der Waals surface area contributed by atoms with Crippen LogP contribution in [-0.4, -0.2) is 33.9 Å². The van der Waals surface area contributed by atoms with Gasteiger partial charge in [0.05, 0.1) is 11.4 Å². The Kier molecular flexibility index (Phi) is 5.15. The van der Waals surface area contributed by atoms with Gasteiger partial charge >= 0.3 is 0 Å². The average molecular weight is 254 g/mol. The monoisotopic (exact) mass is 254 g/mol. The number of aliphatic hydroxyl groups excluding tert-OH is 1. The first-order valence-corrected chi connectivity index (χ1v) is 6.23. The number of hydrogen-bond donors (Lipinski definition) is 3. The quantitative estimate of drug-likeness (QED) is 0.691. The van der Waals surface area contributed by atoms with Crippen molar-refractivity contribution in [1.29, 1.82) is 0 Å². The summed E-state index contributed by atoms with van der Waals surface area (Å²) >= 11 is 0. The Labute approximate surface area is 107 Å². The minimum Gasteiger partial charge on any atom is -0.396 e. The van der Waals surface area contributed by atoms with E-state index < -0.39 is 0 Å². The molecule has 0 radical (unpaired) electrons. The van der Waals surface area contributed by atoms with Crippen molar-refractivity contribution in [2.45, 2.75) is 33.7 Å². The van der Waals surface area contributed by atoms with Crippen LogP contribution in [0.5, 0.6) is 0 Å². The molecule has 6 heteroatoms. The zero-order valence-corrected chi connectivity index (χ0v) is 11.2. The average Bonchev–Trinajstić information content (AvgIpc) is 2.63. The predicted molar refractivity (Wildman–Crippen MR) is 70.3 cm³/mol. The number of carbonyl (C=O) groups excluding carboxylic acids is 1. The number of nitrogens with two attached hydrogens (primary N) is 1. The van der Waals surface area contributed by atoms with Crippen molar-refractivity contribution in [1.82, 2.24) is 15.1 Å². The van der Waals surface area contributed by atoms with Gasteiger partial charge in [-0.3, -0.25) is 9.48 Å². The molecule has 0 aliphatic rings. The highest BCUT2D eigenvalue weighted by molar-refractivity contribution is 5.97. The highest BCUT2D eigenvalue weighted by Crippen LogP contribution is 2.16. The fraction of sp³-hybridized carbons (Fsp3) is 0.667. The summed E-state index contributed by atoms with van der Waals surface area (Å²) in [4.78, 5) is 12.1. The van der Waals surface area contributed by atoms with Crippen LogP contribution in [-0.2, 0) is 6.54 Å². The molecule has 0 aromatic carbocycles. The van der Waals surface area contributed by atoms with Gasteiger partial charge in [0.15, 0.2) is 0 Å². The van der Waals surface area contributed by atoms with E-state index in [1.165, 1.54) is 0 Å². The fourth-order valence-electron chi connectivity index (χ4n) is 1.74. The fourth-order valence-corrected chi connectivity index (χ4v) is 1.74. The van der Waals surface area contributed by atoms with E-state index in [-0.39, 0.29) is 18.4 Å². The molecule has 1 aromatic heterocycles. The normalized spacial score (nSPS) is 12.4. The Hall–Kier alpha value is -1.56. The zero-order valence-electron chi connectivity index (χ0n) is 11.2. The Morgan fingerprint density at radius 1 is 1.61 bits per heavy atom. The van der Waals surface area contributed by atoms with E-state index in [0.717, 1.165) is 0 Å². The Balaban J connectivity index is 2.72. The smallest absolute Gasteiger partial charge is 0.271 e. The van der Waals surface area contributed by atoms with Gasteiger partial charge < -0.3 is 16.2 Å². The van der Waals surface area contributed by atoms with Gasteiger partial charge in [-0.05, 0) is 26.2 Å². The van der Waals surface area contributed by atoms with E-state index in [1.54, 1.807) is 11.6 Å². The highest BCUT2D eigenvalue weighted by Gasteiger charge is 2.19. The van der Waals surface area contributed by atoms with Gasteiger partial charge in [-0.25, -0.2) is 0 Å². The van der Waals surface area contributed by atoms with Gasteiger partial charge in [0, 0.05) is 19.7 Å². The summed E-state index contributed by atoms with van der Waals surface area (Å²) in [6.45, 7) is 6.93. The summed E-state index contributed by atoms with van der Waals surface area (Å²) in [6.07, 6.45) is 0.668. The molecule has 1 amide bonds. The molecule has 0 aliphatic carbocycles. The molecule has 1 rings (SSSR count). The van der Waals surface area contributed by atoms with Crippen molar-refractivity contribution in [2.24, 2.45) is 5.92 Å². The molecular weight excluding hydrogens is 232 g/mol. The molecule has 0 saturated carbocycles. The number of hydrogen-bond acceptors (Lipinski definition) is 4. The van der Waals surface area contributed by atoms with Crippen LogP contribution in [0.2, 0.25) is 0 Å². The first-order chi connectivity index (χ1) is 8.51. The lowest BCUT2D eigenvalue weighted by atomic mass is 10.1. The lowest BCUT2D eigenvalue weighted by Crippen LogP contribution is -2.31. The highest BCUT2D eigenvalue weighted by atomic mass is 16.3. The molecule has 18 heavy (non-hydrogen) atoms. The van der Waals surface area contributed by atoms with Crippen LogP contribution in [0.15, 0.2) is 0 Å². The maximum atomic E-state index is 12.1. The molecule has 102 valence electrons. The van der Waals surface area contributed by atoms with Gasteiger partial charge in [-0.2, -0.15) is 5.10 Å². The van der Waals surface area contributed by atoms with Crippen LogP contribution >= 0.6 is 0 Å².